The zero-order chi connectivity index (χ0) is 23.7. The maximum absolute atomic E-state index is 13.6. The van der Waals surface area contributed by atoms with Crippen LogP contribution in [-0.4, -0.2) is 57.2 Å². The highest BCUT2D eigenvalue weighted by Gasteiger charge is 2.20. The summed E-state index contributed by atoms with van der Waals surface area (Å²) in [5, 5.41) is 9.45. The fourth-order valence-corrected chi connectivity index (χ4v) is 4.64. The molecule has 0 bridgehead atoms. The highest BCUT2D eigenvalue weighted by Crippen LogP contribution is 2.23. The van der Waals surface area contributed by atoms with Gasteiger partial charge in [-0.15, -0.1) is 11.3 Å². The van der Waals surface area contributed by atoms with E-state index in [-0.39, 0.29) is 17.9 Å². The Morgan fingerprint density at radius 2 is 1.88 bits per heavy atom. The molecule has 3 heterocycles. The Morgan fingerprint density at radius 3 is 2.58 bits per heavy atom. The molecule has 1 N–H and O–H groups in total. The molecule has 0 radical (unpaired) electrons. The van der Waals surface area contributed by atoms with Crippen molar-refractivity contribution in [2.75, 3.05) is 27.2 Å². The maximum atomic E-state index is 13.6. The molecular formula is C24H28N6O2S. The molecule has 0 unspecified atom stereocenters. The van der Waals surface area contributed by atoms with E-state index in [4.69, 9.17) is 5.10 Å². The third kappa shape index (κ3) is 4.74. The molecule has 4 aromatic rings. The number of nitrogens with zero attached hydrogens (tertiary/aromatic N) is 5. The summed E-state index contributed by atoms with van der Waals surface area (Å²) >= 11 is 1.36. The van der Waals surface area contributed by atoms with Crippen LogP contribution < -0.4 is 10.9 Å². The van der Waals surface area contributed by atoms with Gasteiger partial charge in [0, 0.05) is 29.9 Å². The molecule has 0 spiro atoms. The highest BCUT2D eigenvalue weighted by molar-refractivity contribution is 7.15. The van der Waals surface area contributed by atoms with Gasteiger partial charge in [0.05, 0.1) is 23.4 Å². The number of aryl methyl sites for hydroxylation is 3. The Balaban J connectivity index is 1.70. The summed E-state index contributed by atoms with van der Waals surface area (Å²) in [5.74, 6) is -0.120. The zero-order valence-electron chi connectivity index (χ0n) is 19.5. The Bertz CT molecular complexity index is 1360. The summed E-state index contributed by atoms with van der Waals surface area (Å²) in [6.07, 6.45) is 0.119. The van der Waals surface area contributed by atoms with Gasteiger partial charge in [-0.2, -0.15) is 5.10 Å². The van der Waals surface area contributed by atoms with E-state index in [0.717, 1.165) is 17.9 Å². The first-order valence-corrected chi connectivity index (χ1v) is 11.7. The first-order valence-electron chi connectivity index (χ1n) is 10.8. The second kappa shape index (κ2) is 9.29. The van der Waals surface area contributed by atoms with Crippen LogP contribution in [-0.2, 0) is 11.2 Å². The fraction of sp³-hybridized carbons (Fsp3) is 0.333. The van der Waals surface area contributed by atoms with E-state index in [2.05, 4.69) is 10.3 Å². The van der Waals surface area contributed by atoms with Crippen molar-refractivity contribution in [2.24, 2.45) is 0 Å². The smallest absolute Gasteiger partial charge is 0.268 e. The number of hydrogen-bond donors (Lipinski definition) is 1. The highest BCUT2D eigenvalue weighted by atomic mass is 32.1. The van der Waals surface area contributed by atoms with Crippen LogP contribution >= 0.6 is 11.3 Å². The monoisotopic (exact) mass is 464 g/mol. The minimum atomic E-state index is -0.205. The van der Waals surface area contributed by atoms with Crippen molar-refractivity contribution in [1.29, 1.82) is 0 Å². The van der Waals surface area contributed by atoms with Crippen molar-refractivity contribution < 1.29 is 4.79 Å². The summed E-state index contributed by atoms with van der Waals surface area (Å²) in [7, 11) is 3.91. The molecule has 4 rings (SSSR count). The minimum absolute atomic E-state index is 0.119. The summed E-state index contributed by atoms with van der Waals surface area (Å²) in [6, 6.07) is 9.98. The zero-order valence-corrected chi connectivity index (χ0v) is 20.4. The Labute approximate surface area is 196 Å². The van der Waals surface area contributed by atoms with E-state index < -0.39 is 0 Å². The predicted octanol–water partition coefficient (Wildman–Crippen LogP) is 2.75. The summed E-state index contributed by atoms with van der Waals surface area (Å²) in [6.45, 7) is 7.13. The molecule has 0 aliphatic heterocycles. The molecule has 9 heteroatoms. The standard InChI is InChI=1S/C24H28N6O2S/c1-15-6-8-18(9-7-15)30-16(2)12-20(27-30)22-17(3)26-24-29(23(22)32)19(14-33-24)13-21(31)25-10-11-28(4)5/h6-9,12,14H,10-11,13H2,1-5H3,(H,25,31). The van der Waals surface area contributed by atoms with Gasteiger partial charge in [-0.3, -0.25) is 14.0 Å². The summed E-state index contributed by atoms with van der Waals surface area (Å²) < 4.78 is 3.37. The SMILES string of the molecule is Cc1ccc(-n2nc(-c3c(C)nc4scc(CC(=O)NCCN(C)C)n4c3=O)cc2C)cc1. The van der Waals surface area contributed by atoms with Crippen molar-refractivity contribution in [3.63, 3.8) is 0 Å². The largest absolute Gasteiger partial charge is 0.354 e. The number of fused-ring (bicyclic) bond motifs is 1. The molecule has 0 aliphatic carbocycles. The van der Waals surface area contributed by atoms with E-state index >= 15 is 0 Å². The number of thiazole rings is 1. The average Bonchev–Trinajstić information content (AvgIpc) is 3.32. The third-order valence-electron chi connectivity index (χ3n) is 5.47. The van der Waals surface area contributed by atoms with Gasteiger partial charge >= 0.3 is 0 Å². The third-order valence-corrected chi connectivity index (χ3v) is 6.34. The Kier molecular flexibility index (Phi) is 6.44. The molecule has 8 nitrogen and oxygen atoms in total. The van der Waals surface area contributed by atoms with E-state index in [1.165, 1.54) is 16.9 Å². The first-order chi connectivity index (χ1) is 15.7. The van der Waals surface area contributed by atoms with Crippen LogP contribution in [0.25, 0.3) is 21.9 Å². The van der Waals surface area contributed by atoms with Crippen LogP contribution in [0.4, 0.5) is 0 Å². The quantitative estimate of drug-likeness (QED) is 0.455. The van der Waals surface area contributed by atoms with Crippen molar-refractivity contribution in [3.05, 3.63) is 68.7 Å². The number of carbonyl (C=O) groups is 1. The van der Waals surface area contributed by atoms with Gasteiger partial charge < -0.3 is 10.2 Å². The second-order valence-corrected chi connectivity index (χ2v) is 9.31. The molecule has 0 saturated carbocycles. The van der Waals surface area contributed by atoms with Gasteiger partial charge in [0.2, 0.25) is 5.91 Å². The molecule has 1 aromatic carbocycles. The molecule has 0 fully saturated rings. The molecule has 0 saturated heterocycles. The number of hydrogen-bond acceptors (Lipinski definition) is 6. The molecule has 1 amide bonds. The molecule has 0 atom stereocenters. The van der Waals surface area contributed by atoms with Crippen LogP contribution in [0, 0.1) is 20.8 Å². The van der Waals surface area contributed by atoms with E-state index in [1.807, 2.05) is 80.2 Å². The van der Waals surface area contributed by atoms with Gasteiger partial charge in [-0.05, 0) is 53.1 Å². The lowest BCUT2D eigenvalue weighted by atomic mass is 10.1. The van der Waals surface area contributed by atoms with Crippen LogP contribution in [0.5, 0.6) is 0 Å². The van der Waals surface area contributed by atoms with Crippen LogP contribution in [0.15, 0.2) is 40.5 Å². The summed E-state index contributed by atoms with van der Waals surface area (Å²) in [4.78, 5) is 33.2. The summed E-state index contributed by atoms with van der Waals surface area (Å²) in [5.41, 5.74) is 5.10. The van der Waals surface area contributed by atoms with Crippen LogP contribution in [0.1, 0.15) is 22.6 Å². The van der Waals surface area contributed by atoms with Crippen LogP contribution in [0.2, 0.25) is 0 Å². The van der Waals surface area contributed by atoms with E-state index in [9.17, 15) is 9.59 Å². The number of amides is 1. The Morgan fingerprint density at radius 1 is 1.15 bits per heavy atom. The minimum Gasteiger partial charge on any atom is -0.354 e. The van der Waals surface area contributed by atoms with Crippen molar-refractivity contribution >= 4 is 22.2 Å². The lowest BCUT2D eigenvalue weighted by molar-refractivity contribution is -0.120. The van der Waals surface area contributed by atoms with Crippen molar-refractivity contribution in [2.45, 2.75) is 27.2 Å². The number of nitrogens with one attached hydrogen (secondary N) is 1. The van der Waals surface area contributed by atoms with Gasteiger partial charge in [0.1, 0.15) is 5.69 Å². The number of rotatable bonds is 7. The molecule has 172 valence electrons. The predicted molar refractivity (Wildman–Crippen MR) is 131 cm³/mol. The molecule has 3 aromatic heterocycles. The average molecular weight is 465 g/mol. The number of benzene rings is 1. The second-order valence-electron chi connectivity index (χ2n) is 8.47. The van der Waals surface area contributed by atoms with Crippen molar-refractivity contribution in [1.82, 2.24) is 29.4 Å². The van der Waals surface area contributed by atoms with E-state index in [0.29, 0.717) is 34.2 Å². The van der Waals surface area contributed by atoms with Crippen LogP contribution in [0.3, 0.4) is 0 Å². The van der Waals surface area contributed by atoms with Gasteiger partial charge in [0.15, 0.2) is 4.96 Å². The number of likely N-dealkylation sites (N-methyl/N-ethyl adjacent to an activating group) is 1. The number of aromatic nitrogens is 4. The molecule has 0 aliphatic rings. The normalized spacial score (nSPS) is 11.5. The number of carbonyl (C=O) groups excluding carboxylic acids is 1. The lowest BCUT2D eigenvalue weighted by Gasteiger charge is -2.10. The van der Waals surface area contributed by atoms with Gasteiger partial charge in [0.25, 0.3) is 5.56 Å². The topological polar surface area (TPSA) is 84.5 Å². The fourth-order valence-electron chi connectivity index (χ4n) is 3.71. The molecule has 33 heavy (non-hydrogen) atoms. The van der Waals surface area contributed by atoms with Gasteiger partial charge in [-0.25, -0.2) is 9.67 Å². The Hall–Kier alpha value is -3.30. The lowest BCUT2D eigenvalue weighted by Crippen LogP contribution is -2.33. The van der Waals surface area contributed by atoms with Gasteiger partial charge in [-0.1, -0.05) is 17.7 Å². The van der Waals surface area contributed by atoms with E-state index in [1.54, 1.807) is 4.40 Å². The van der Waals surface area contributed by atoms with Crippen molar-refractivity contribution in [3.8, 4) is 16.9 Å². The first kappa shape index (κ1) is 22.9. The molecular weight excluding hydrogens is 436 g/mol. The maximum Gasteiger partial charge on any atom is 0.268 e.